The van der Waals surface area contributed by atoms with Crippen LogP contribution in [0.2, 0.25) is 0 Å². The Morgan fingerprint density at radius 3 is 2.55 bits per heavy atom. The normalized spacial score (nSPS) is 13.1. The average molecular weight is 301 g/mol. The molecule has 0 radical (unpaired) electrons. The zero-order chi connectivity index (χ0) is 16.9. The molecule has 0 aliphatic carbocycles. The minimum absolute atomic E-state index is 0.170. The van der Waals surface area contributed by atoms with Crippen LogP contribution >= 0.6 is 0 Å². The van der Waals surface area contributed by atoms with Crippen LogP contribution in [0.15, 0.2) is 42.8 Å². The third-order valence-electron chi connectivity index (χ3n) is 3.56. The SMILES string of the molecule is C=C/C=C(/NC(=O)c1cn(C)nc1C)C(=C)[C@H](C)CC(C)C. The number of hydrogen-bond acceptors (Lipinski definition) is 2. The average Bonchev–Trinajstić information content (AvgIpc) is 2.75. The van der Waals surface area contributed by atoms with Gasteiger partial charge >= 0.3 is 0 Å². The number of hydrogen-bond donors (Lipinski definition) is 1. The lowest BCUT2D eigenvalue weighted by Crippen LogP contribution is -2.25. The zero-order valence-electron chi connectivity index (χ0n) is 14.3. The Bertz CT molecular complexity index is 593. The van der Waals surface area contributed by atoms with E-state index < -0.39 is 0 Å². The Labute approximate surface area is 133 Å². The van der Waals surface area contributed by atoms with Crippen molar-refractivity contribution in [1.82, 2.24) is 15.1 Å². The first-order chi connectivity index (χ1) is 10.3. The highest BCUT2D eigenvalue weighted by atomic mass is 16.1. The molecule has 0 spiro atoms. The Hall–Kier alpha value is -2.10. The highest BCUT2D eigenvalue weighted by Gasteiger charge is 2.18. The summed E-state index contributed by atoms with van der Waals surface area (Å²) in [5.41, 5.74) is 2.92. The molecule has 1 heterocycles. The monoisotopic (exact) mass is 301 g/mol. The van der Waals surface area contributed by atoms with E-state index in [1.54, 1.807) is 30.1 Å². The van der Waals surface area contributed by atoms with Crippen molar-refractivity contribution in [3.63, 3.8) is 0 Å². The Balaban J connectivity index is 2.91. The van der Waals surface area contributed by atoms with Crippen molar-refractivity contribution in [1.29, 1.82) is 0 Å². The number of carbonyl (C=O) groups excluding carboxylic acids is 1. The van der Waals surface area contributed by atoms with Gasteiger partial charge in [0.05, 0.1) is 11.3 Å². The molecule has 4 heteroatoms. The molecule has 1 aromatic heterocycles. The lowest BCUT2D eigenvalue weighted by Gasteiger charge is -2.20. The topological polar surface area (TPSA) is 46.9 Å². The molecule has 1 N–H and O–H groups in total. The molecule has 0 fully saturated rings. The van der Waals surface area contributed by atoms with Gasteiger partial charge in [0, 0.05) is 18.9 Å². The van der Waals surface area contributed by atoms with E-state index in [0.717, 1.165) is 17.7 Å². The smallest absolute Gasteiger partial charge is 0.259 e. The number of amides is 1. The van der Waals surface area contributed by atoms with Crippen molar-refractivity contribution < 1.29 is 4.79 Å². The fourth-order valence-electron chi connectivity index (χ4n) is 2.47. The number of rotatable bonds is 7. The minimum atomic E-state index is -0.170. The highest BCUT2D eigenvalue weighted by molar-refractivity contribution is 5.96. The third-order valence-corrected chi connectivity index (χ3v) is 3.56. The summed E-state index contributed by atoms with van der Waals surface area (Å²) in [6, 6.07) is 0. The standard InChI is InChI=1S/C18H27N3O/c1-8-9-17(14(5)13(4)10-12(2)3)19-18(22)16-11-21(7)20-15(16)6/h8-9,11-13H,1,5,10H2,2-4,6-7H3,(H,19,22)/b17-9+/t13-/m1/s1. The molecule has 1 atom stereocenters. The van der Waals surface area contributed by atoms with E-state index in [9.17, 15) is 4.79 Å². The van der Waals surface area contributed by atoms with Gasteiger partial charge in [0.25, 0.3) is 5.91 Å². The van der Waals surface area contributed by atoms with Crippen LogP contribution in [0.5, 0.6) is 0 Å². The van der Waals surface area contributed by atoms with Crippen molar-refractivity contribution >= 4 is 5.91 Å². The number of carbonyl (C=O) groups is 1. The molecule has 4 nitrogen and oxygen atoms in total. The summed E-state index contributed by atoms with van der Waals surface area (Å²) in [6.45, 7) is 16.2. The maximum Gasteiger partial charge on any atom is 0.259 e. The molecule has 0 aliphatic heterocycles. The van der Waals surface area contributed by atoms with Gasteiger partial charge in [-0.2, -0.15) is 5.10 Å². The van der Waals surface area contributed by atoms with E-state index in [1.165, 1.54) is 0 Å². The van der Waals surface area contributed by atoms with Crippen LogP contribution in [0.4, 0.5) is 0 Å². The lowest BCUT2D eigenvalue weighted by molar-refractivity contribution is 0.0965. The van der Waals surface area contributed by atoms with Gasteiger partial charge in [-0.1, -0.05) is 40.0 Å². The Morgan fingerprint density at radius 2 is 2.09 bits per heavy atom. The van der Waals surface area contributed by atoms with Crippen molar-refractivity contribution in [3.8, 4) is 0 Å². The first-order valence-electron chi connectivity index (χ1n) is 7.59. The van der Waals surface area contributed by atoms with E-state index >= 15 is 0 Å². The van der Waals surface area contributed by atoms with Crippen molar-refractivity contribution in [2.45, 2.75) is 34.1 Å². The second-order valence-electron chi connectivity index (χ2n) is 6.13. The molecule has 1 rings (SSSR count). The molecule has 0 saturated carbocycles. The van der Waals surface area contributed by atoms with Crippen LogP contribution in [-0.4, -0.2) is 15.7 Å². The number of allylic oxidation sites excluding steroid dienone is 3. The van der Waals surface area contributed by atoms with E-state index in [4.69, 9.17) is 0 Å². The molecule has 1 amide bonds. The van der Waals surface area contributed by atoms with Gasteiger partial charge in [-0.25, -0.2) is 0 Å². The van der Waals surface area contributed by atoms with Gasteiger partial charge in [-0.3, -0.25) is 9.48 Å². The molecular weight excluding hydrogens is 274 g/mol. The maximum absolute atomic E-state index is 12.4. The van der Waals surface area contributed by atoms with E-state index in [1.807, 2.05) is 6.92 Å². The van der Waals surface area contributed by atoms with Gasteiger partial charge in [-0.15, -0.1) is 0 Å². The molecule has 0 aliphatic rings. The molecule has 22 heavy (non-hydrogen) atoms. The van der Waals surface area contributed by atoms with Crippen LogP contribution in [0.3, 0.4) is 0 Å². The predicted molar refractivity (Wildman–Crippen MR) is 91.5 cm³/mol. The summed E-state index contributed by atoms with van der Waals surface area (Å²) >= 11 is 0. The maximum atomic E-state index is 12.4. The van der Waals surface area contributed by atoms with Gasteiger partial charge < -0.3 is 5.32 Å². The fourth-order valence-corrected chi connectivity index (χ4v) is 2.47. The van der Waals surface area contributed by atoms with Gasteiger partial charge in [-0.05, 0) is 36.8 Å². The van der Waals surface area contributed by atoms with E-state index in [0.29, 0.717) is 23.1 Å². The van der Waals surface area contributed by atoms with Crippen LogP contribution in [0.1, 0.15) is 43.2 Å². The summed E-state index contributed by atoms with van der Waals surface area (Å²) < 4.78 is 1.64. The van der Waals surface area contributed by atoms with Crippen molar-refractivity contribution in [2.75, 3.05) is 0 Å². The van der Waals surface area contributed by atoms with Crippen LogP contribution in [0.25, 0.3) is 0 Å². The molecular formula is C18H27N3O. The predicted octanol–water partition coefficient (Wildman–Crippen LogP) is 3.77. The number of aromatic nitrogens is 2. The van der Waals surface area contributed by atoms with E-state index in [-0.39, 0.29) is 5.91 Å². The first kappa shape index (κ1) is 18.0. The molecule has 0 bridgehead atoms. The lowest BCUT2D eigenvalue weighted by atomic mass is 9.90. The van der Waals surface area contributed by atoms with Gasteiger partial charge in [0.2, 0.25) is 0 Å². The minimum Gasteiger partial charge on any atom is -0.322 e. The molecule has 0 unspecified atom stereocenters. The summed E-state index contributed by atoms with van der Waals surface area (Å²) in [4.78, 5) is 12.4. The highest BCUT2D eigenvalue weighted by Crippen LogP contribution is 2.23. The van der Waals surface area contributed by atoms with Crippen LogP contribution in [-0.2, 0) is 7.05 Å². The molecule has 1 aromatic rings. The molecule has 0 aromatic carbocycles. The number of aryl methyl sites for hydroxylation is 2. The second kappa shape index (κ2) is 7.78. The van der Waals surface area contributed by atoms with E-state index in [2.05, 4.69) is 44.3 Å². The van der Waals surface area contributed by atoms with Gasteiger partial charge in [0.15, 0.2) is 0 Å². The second-order valence-corrected chi connectivity index (χ2v) is 6.13. The summed E-state index contributed by atoms with van der Waals surface area (Å²) in [7, 11) is 1.80. The largest absolute Gasteiger partial charge is 0.322 e. The first-order valence-corrected chi connectivity index (χ1v) is 7.59. The third kappa shape index (κ3) is 4.72. The van der Waals surface area contributed by atoms with Crippen LogP contribution < -0.4 is 5.32 Å². The Kier molecular flexibility index (Phi) is 6.35. The molecule has 0 saturated heterocycles. The summed E-state index contributed by atoms with van der Waals surface area (Å²) in [5, 5.41) is 7.14. The van der Waals surface area contributed by atoms with Crippen molar-refractivity contribution in [3.05, 3.63) is 54.0 Å². The quantitative estimate of drug-likeness (QED) is 0.779. The Morgan fingerprint density at radius 1 is 1.45 bits per heavy atom. The number of nitrogens with one attached hydrogen (secondary N) is 1. The summed E-state index contributed by atoms with van der Waals surface area (Å²) in [6.07, 6.45) is 6.20. The van der Waals surface area contributed by atoms with Gasteiger partial charge in [0.1, 0.15) is 0 Å². The zero-order valence-corrected chi connectivity index (χ0v) is 14.3. The fraction of sp³-hybridized carbons (Fsp3) is 0.444. The summed E-state index contributed by atoms with van der Waals surface area (Å²) in [5.74, 6) is 0.700. The molecule has 120 valence electrons. The van der Waals surface area contributed by atoms with Crippen LogP contribution in [0, 0.1) is 18.8 Å². The number of nitrogens with zero attached hydrogens (tertiary/aromatic N) is 2. The van der Waals surface area contributed by atoms with Crippen molar-refractivity contribution in [2.24, 2.45) is 18.9 Å².